The molecule has 0 aliphatic carbocycles. The summed E-state index contributed by atoms with van der Waals surface area (Å²) < 4.78 is 16.8. The van der Waals surface area contributed by atoms with Crippen molar-refractivity contribution in [3.8, 4) is 0 Å². The molecule has 0 N–H and O–H groups in total. The summed E-state index contributed by atoms with van der Waals surface area (Å²) in [5.74, 6) is 0.299. The Balaban J connectivity index is 4.12. The number of ether oxygens (including phenoxy) is 1. The second-order valence-corrected chi connectivity index (χ2v) is 1.73. The minimum Gasteiger partial charge on any atom is -0.497 e. The van der Waals surface area contributed by atoms with E-state index in [0.29, 0.717) is 5.76 Å². The lowest BCUT2D eigenvalue weighted by molar-refractivity contribution is 0.307. The molecule has 0 aromatic rings. The van der Waals surface area contributed by atoms with Crippen molar-refractivity contribution in [1.29, 1.82) is 0 Å². The smallest absolute Gasteiger partial charge is 0.118 e. The van der Waals surface area contributed by atoms with Gasteiger partial charge in [-0.3, -0.25) is 0 Å². The van der Waals surface area contributed by atoms with E-state index in [1.54, 1.807) is 0 Å². The molecule has 0 unspecified atom stereocenters. The molecule has 0 aliphatic rings. The maximum Gasteiger partial charge on any atom is 0.118 e. The summed E-state index contributed by atoms with van der Waals surface area (Å²) in [6, 6.07) is 0. The third kappa shape index (κ3) is 3.89. The van der Waals surface area contributed by atoms with Crippen molar-refractivity contribution >= 4 is 0 Å². The largest absolute Gasteiger partial charge is 0.497 e. The molecule has 0 spiro atoms. The maximum atomic E-state index is 12.1. The highest BCUT2D eigenvalue weighted by Crippen LogP contribution is 1.99. The van der Waals surface area contributed by atoms with E-state index in [-0.39, 0.29) is 5.83 Å². The second-order valence-electron chi connectivity index (χ2n) is 1.73. The van der Waals surface area contributed by atoms with Gasteiger partial charge in [-0.05, 0) is 25.2 Å². The molecule has 0 heterocycles. The van der Waals surface area contributed by atoms with Crippen molar-refractivity contribution < 1.29 is 9.13 Å². The molecule has 0 rings (SSSR count). The lowest BCUT2D eigenvalue weighted by atomic mass is 10.4. The molecule has 0 fully saturated rings. The van der Waals surface area contributed by atoms with Crippen LogP contribution >= 0.6 is 0 Å². The predicted octanol–water partition coefficient (Wildman–Crippen LogP) is 2.58. The van der Waals surface area contributed by atoms with Gasteiger partial charge in [-0.2, -0.15) is 0 Å². The Labute approximate surface area is 60.5 Å². The normalized spacial score (nSPS) is 13.1. The molecular formula is C8H11FO. The van der Waals surface area contributed by atoms with Gasteiger partial charge in [-0.25, -0.2) is 4.39 Å². The molecule has 0 radical (unpaired) electrons. The van der Waals surface area contributed by atoms with Crippen molar-refractivity contribution in [2.24, 2.45) is 0 Å². The van der Waals surface area contributed by atoms with Crippen molar-refractivity contribution in [2.45, 2.75) is 6.92 Å². The molecule has 0 aromatic carbocycles. The van der Waals surface area contributed by atoms with Crippen molar-refractivity contribution in [3.05, 3.63) is 36.4 Å². The average molecular weight is 142 g/mol. The fraction of sp³-hybridized carbons (Fsp3) is 0.250. The van der Waals surface area contributed by atoms with Crippen LogP contribution in [0.2, 0.25) is 0 Å². The molecule has 1 nitrogen and oxygen atoms in total. The van der Waals surface area contributed by atoms with Crippen molar-refractivity contribution in [3.63, 3.8) is 0 Å². The van der Waals surface area contributed by atoms with Crippen LogP contribution in [-0.2, 0) is 4.74 Å². The summed E-state index contributed by atoms with van der Waals surface area (Å²) in [6.07, 6.45) is 4.35. The maximum absolute atomic E-state index is 12.1. The summed E-state index contributed by atoms with van der Waals surface area (Å²) in [7, 11) is 1.51. The molecule has 0 aliphatic heterocycles. The molecule has 10 heavy (non-hydrogen) atoms. The van der Waals surface area contributed by atoms with E-state index in [9.17, 15) is 4.39 Å². The average Bonchev–Trinajstić information content (AvgIpc) is 1.90. The molecule has 0 saturated heterocycles. The monoisotopic (exact) mass is 142 g/mol. The number of hydrogen-bond acceptors (Lipinski definition) is 1. The molecule has 0 aromatic heterocycles. The van der Waals surface area contributed by atoms with Crippen LogP contribution < -0.4 is 0 Å². The van der Waals surface area contributed by atoms with Crippen LogP contribution in [0.5, 0.6) is 0 Å². The van der Waals surface area contributed by atoms with Crippen molar-refractivity contribution in [1.82, 2.24) is 0 Å². The Morgan fingerprint density at radius 3 is 2.40 bits per heavy atom. The molecule has 0 atom stereocenters. The Morgan fingerprint density at radius 2 is 2.10 bits per heavy atom. The molecule has 56 valence electrons. The summed E-state index contributed by atoms with van der Waals surface area (Å²) in [4.78, 5) is 0. The van der Waals surface area contributed by atoms with Crippen LogP contribution in [-0.4, -0.2) is 7.11 Å². The Bertz CT molecular complexity index is 164. The zero-order chi connectivity index (χ0) is 7.98. The number of methoxy groups -OCH3 is 1. The molecule has 0 amide bonds. The number of rotatable bonds is 3. The predicted molar refractivity (Wildman–Crippen MR) is 40.2 cm³/mol. The fourth-order valence-electron chi connectivity index (χ4n) is 0.416. The summed E-state index contributed by atoms with van der Waals surface area (Å²) in [6.45, 7) is 4.83. The van der Waals surface area contributed by atoms with Crippen LogP contribution in [0, 0.1) is 0 Å². The molecular weight excluding hydrogens is 131 g/mol. The second kappa shape index (κ2) is 4.79. The van der Waals surface area contributed by atoms with Gasteiger partial charge in [0.1, 0.15) is 5.76 Å². The SMILES string of the molecule is C=C/C(=C\C=C(/C)F)OC. The van der Waals surface area contributed by atoms with Gasteiger partial charge in [-0.1, -0.05) is 6.58 Å². The first kappa shape index (κ1) is 8.95. The zero-order valence-electron chi connectivity index (χ0n) is 6.23. The van der Waals surface area contributed by atoms with Gasteiger partial charge in [0, 0.05) is 0 Å². The van der Waals surface area contributed by atoms with Gasteiger partial charge in [0.25, 0.3) is 0 Å². The van der Waals surface area contributed by atoms with Crippen LogP contribution in [0.15, 0.2) is 36.4 Å². The van der Waals surface area contributed by atoms with Crippen LogP contribution in [0.4, 0.5) is 4.39 Å². The zero-order valence-corrected chi connectivity index (χ0v) is 6.23. The Hall–Kier alpha value is -1.05. The minimum absolute atomic E-state index is 0.253. The summed E-state index contributed by atoms with van der Waals surface area (Å²) in [5.41, 5.74) is 0. The topological polar surface area (TPSA) is 9.23 Å². The highest BCUT2D eigenvalue weighted by molar-refractivity contribution is 5.17. The molecule has 2 heteroatoms. The first-order valence-corrected chi connectivity index (χ1v) is 2.91. The van der Waals surface area contributed by atoms with E-state index in [1.807, 2.05) is 0 Å². The number of halogens is 1. The highest BCUT2D eigenvalue weighted by atomic mass is 19.1. The standard InChI is InChI=1S/C8H11FO/c1-4-8(10-3)6-5-7(2)9/h4-6H,1H2,2-3H3/b7-5+,8-6+. The van der Waals surface area contributed by atoms with Crippen LogP contribution in [0.1, 0.15) is 6.92 Å². The number of allylic oxidation sites excluding steroid dienone is 4. The van der Waals surface area contributed by atoms with Gasteiger partial charge in [0.05, 0.1) is 12.9 Å². The molecule has 0 saturated carbocycles. The summed E-state index contributed by atoms with van der Waals surface area (Å²) in [5, 5.41) is 0. The van der Waals surface area contributed by atoms with Gasteiger partial charge >= 0.3 is 0 Å². The minimum atomic E-state index is -0.253. The van der Waals surface area contributed by atoms with E-state index in [1.165, 1.54) is 32.3 Å². The van der Waals surface area contributed by atoms with Gasteiger partial charge in [0.15, 0.2) is 0 Å². The van der Waals surface area contributed by atoms with Crippen LogP contribution in [0.3, 0.4) is 0 Å². The van der Waals surface area contributed by atoms with E-state index in [2.05, 4.69) is 6.58 Å². The fourth-order valence-corrected chi connectivity index (χ4v) is 0.416. The molecule has 0 bridgehead atoms. The van der Waals surface area contributed by atoms with E-state index in [0.717, 1.165) is 0 Å². The lowest BCUT2D eigenvalue weighted by Crippen LogP contribution is -1.78. The Kier molecular flexibility index (Phi) is 4.29. The third-order valence-corrected chi connectivity index (χ3v) is 0.914. The van der Waals surface area contributed by atoms with Gasteiger partial charge < -0.3 is 4.74 Å². The van der Waals surface area contributed by atoms with Gasteiger partial charge in [-0.15, -0.1) is 0 Å². The van der Waals surface area contributed by atoms with Gasteiger partial charge in [0.2, 0.25) is 0 Å². The first-order chi connectivity index (χ1) is 4.70. The summed E-state index contributed by atoms with van der Waals surface area (Å²) >= 11 is 0. The third-order valence-electron chi connectivity index (χ3n) is 0.914. The lowest BCUT2D eigenvalue weighted by Gasteiger charge is -1.95. The first-order valence-electron chi connectivity index (χ1n) is 2.91. The van der Waals surface area contributed by atoms with E-state index in [4.69, 9.17) is 4.74 Å². The van der Waals surface area contributed by atoms with Crippen LogP contribution in [0.25, 0.3) is 0 Å². The quantitative estimate of drug-likeness (QED) is 0.434. The van der Waals surface area contributed by atoms with Crippen molar-refractivity contribution in [2.75, 3.05) is 7.11 Å². The number of hydrogen-bond donors (Lipinski definition) is 0. The van der Waals surface area contributed by atoms with E-state index < -0.39 is 0 Å². The highest BCUT2D eigenvalue weighted by Gasteiger charge is 1.83. The van der Waals surface area contributed by atoms with E-state index >= 15 is 0 Å². The Morgan fingerprint density at radius 1 is 1.50 bits per heavy atom.